The maximum Gasteiger partial charge on any atom is 0.287 e. The second kappa shape index (κ2) is 9.23. The molecule has 2 aromatic carbocycles. The average molecular weight is 520 g/mol. The first-order valence-corrected chi connectivity index (χ1v) is 14.6. The van der Waals surface area contributed by atoms with Gasteiger partial charge in [-0.15, -0.1) is 4.40 Å². The molecule has 1 aliphatic carbocycles. The molecule has 10 heteroatoms. The van der Waals surface area contributed by atoms with Crippen LogP contribution in [-0.2, 0) is 19.5 Å². The van der Waals surface area contributed by atoms with Gasteiger partial charge in [0.2, 0.25) is 5.96 Å². The van der Waals surface area contributed by atoms with Crippen LogP contribution in [0.25, 0.3) is 0 Å². The van der Waals surface area contributed by atoms with Gasteiger partial charge in [-0.2, -0.15) is 8.42 Å². The zero-order chi connectivity index (χ0) is 25.5. The van der Waals surface area contributed by atoms with E-state index in [1.807, 2.05) is 12.2 Å². The summed E-state index contributed by atoms with van der Waals surface area (Å²) in [6.45, 7) is 1.84. The third kappa shape index (κ3) is 4.90. The van der Waals surface area contributed by atoms with E-state index in [-0.39, 0.29) is 34.2 Å². The SMILES string of the molecule is C=S(C)(=O)C1=CCCC=C1CN(C)C1=NS(=O)(=O)c2ccc(F)c([C@H](C)c3ccccc3F)c2N1. The van der Waals surface area contributed by atoms with E-state index in [2.05, 4.69) is 15.6 Å². The number of nitrogens with one attached hydrogen (secondary N) is 1. The van der Waals surface area contributed by atoms with E-state index in [1.165, 1.54) is 12.1 Å². The van der Waals surface area contributed by atoms with Crippen molar-refractivity contribution in [2.24, 2.45) is 4.40 Å². The fourth-order valence-corrected chi connectivity index (χ4v) is 6.76. The molecule has 0 aromatic heterocycles. The number of rotatable bonds is 5. The quantitative estimate of drug-likeness (QED) is 0.590. The molecule has 0 bridgehead atoms. The number of likely N-dealkylation sites (N-methyl/N-ethyl adjacent to an activating group) is 1. The summed E-state index contributed by atoms with van der Waals surface area (Å²) in [7, 11) is -5.00. The summed E-state index contributed by atoms with van der Waals surface area (Å²) in [4.78, 5) is 2.02. The summed E-state index contributed by atoms with van der Waals surface area (Å²) in [5.41, 5.74) is 1.08. The second-order valence-electron chi connectivity index (χ2n) is 8.83. The van der Waals surface area contributed by atoms with E-state index in [0.717, 1.165) is 30.5 Å². The Bertz CT molecular complexity index is 1490. The molecule has 0 fully saturated rings. The van der Waals surface area contributed by atoms with Gasteiger partial charge in [0.15, 0.2) is 0 Å². The van der Waals surface area contributed by atoms with Crippen molar-refractivity contribution in [3.05, 3.63) is 81.8 Å². The molecule has 35 heavy (non-hydrogen) atoms. The molecule has 2 aromatic rings. The zero-order valence-corrected chi connectivity index (χ0v) is 21.3. The van der Waals surface area contributed by atoms with Crippen molar-refractivity contribution >= 4 is 37.1 Å². The molecule has 0 spiro atoms. The smallest absolute Gasteiger partial charge is 0.287 e. The van der Waals surface area contributed by atoms with Crippen molar-refractivity contribution in [2.45, 2.75) is 30.6 Å². The Kier molecular flexibility index (Phi) is 6.63. The van der Waals surface area contributed by atoms with E-state index in [1.54, 1.807) is 37.3 Å². The highest BCUT2D eigenvalue weighted by Gasteiger charge is 2.33. The van der Waals surface area contributed by atoms with Crippen LogP contribution >= 0.6 is 0 Å². The van der Waals surface area contributed by atoms with Crippen LogP contribution in [-0.4, -0.2) is 49.2 Å². The van der Waals surface area contributed by atoms with Crippen molar-refractivity contribution in [1.82, 2.24) is 4.90 Å². The van der Waals surface area contributed by atoms with Gasteiger partial charge >= 0.3 is 0 Å². The van der Waals surface area contributed by atoms with Crippen LogP contribution in [0.5, 0.6) is 0 Å². The average Bonchev–Trinajstić information content (AvgIpc) is 2.78. The monoisotopic (exact) mass is 519 g/mol. The summed E-state index contributed by atoms with van der Waals surface area (Å²) in [5.74, 6) is 1.82. The summed E-state index contributed by atoms with van der Waals surface area (Å²) >= 11 is 0. The van der Waals surface area contributed by atoms with Crippen LogP contribution in [0.4, 0.5) is 14.5 Å². The summed E-state index contributed by atoms with van der Waals surface area (Å²) in [6, 6.07) is 8.22. The van der Waals surface area contributed by atoms with Crippen LogP contribution in [0.15, 0.2) is 68.3 Å². The number of allylic oxidation sites excluding steroid dienone is 2. The van der Waals surface area contributed by atoms with Gasteiger partial charge in [-0.1, -0.05) is 37.3 Å². The number of guanidine groups is 1. The molecule has 2 aliphatic rings. The molecular weight excluding hydrogens is 492 g/mol. The molecule has 2 atom stereocenters. The number of hydrogen-bond acceptors (Lipinski definition) is 5. The van der Waals surface area contributed by atoms with Gasteiger partial charge in [-0.05, 0) is 57.6 Å². The minimum absolute atomic E-state index is 0.0115. The third-order valence-electron chi connectivity index (χ3n) is 6.12. The molecule has 6 nitrogen and oxygen atoms in total. The second-order valence-corrected chi connectivity index (χ2v) is 12.9. The normalized spacial score (nSPS) is 19.3. The predicted octanol–water partition coefficient (Wildman–Crippen LogP) is 4.47. The largest absolute Gasteiger partial charge is 0.341 e. The minimum atomic E-state index is -4.16. The van der Waals surface area contributed by atoms with Crippen molar-refractivity contribution in [1.29, 1.82) is 0 Å². The van der Waals surface area contributed by atoms with E-state index in [0.29, 0.717) is 4.91 Å². The van der Waals surface area contributed by atoms with Gasteiger partial charge in [0.05, 0.1) is 5.69 Å². The number of fused-ring (bicyclic) bond motifs is 1. The van der Waals surface area contributed by atoms with Gasteiger partial charge in [0.1, 0.15) is 16.5 Å². The standard InChI is InChI=1S/C25H27F2N3O3S2/c1-16(18-10-6-7-11-19(18)26)23-20(27)13-14-22-24(23)28-25(29-35(22,32)33)30(2)15-17-9-5-8-12-21(17)34(3,4)31/h6-7,9-14,16H,3,5,8,15H2,1-2,4H3,(H,28,29)/t16-,34?/m1/s1. The van der Waals surface area contributed by atoms with Gasteiger partial charge in [0, 0.05) is 36.2 Å². The van der Waals surface area contributed by atoms with Crippen LogP contribution < -0.4 is 5.32 Å². The molecule has 0 amide bonds. The highest BCUT2D eigenvalue weighted by Crippen LogP contribution is 2.40. The van der Waals surface area contributed by atoms with Gasteiger partial charge in [-0.25, -0.2) is 8.78 Å². The number of hydrogen-bond donors (Lipinski definition) is 1. The topological polar surface area (TPSA) is 78.8 Å². The molecule has 1 heterocycles. The Balaban J connectivity index is 1.74. The molecule has 1 aliphatic heterocycles. The Morgan fingerprint density at radius 1 is 1.14 bits per heavy atom. The highest BCUT2D eigenvalue weighted by atomic mass is 32.2. The lowest BCUT2D eigenvalue weighted by atomic mass is 9.91. The maximum atomic E-state index is 15.1. The molecule has 186 valence electrons. The highest BCUT2D eigenvalue weighted by molar-refractivity contribution is 8.03. The molecule has 0 saturated carbocycles. The van der Waals surface area contributed by atoms with Gasteiger partial charge < -0.3 is 10.2 Å². The first-order chi connectivity index (χ1) is 16.4. The van der Waals surface area contributed by atoms with Gasteiger partial charge in [-0.3, -0.25) is 4.21 Å². The van der Waals surface area contributed by atoms with Crippen LogP contribution in [0.1, 0.15) is 36.8 Å². The number of sulfonamides is 1. The lowest BCUT2D eigenvalue weighted by Gasteiger charge is -2.30. The van der Waals surface area contributed by atoms with Crippen LogP contribution in [0.2, 0.25) is 0 Å². The number of anilines is 1. The van der Waals surface area contributed by atoms with E-state index < -0.39 is 37.1 Å². The van der Waals surface area contributed by atoms with Crippen molar-refractivity contribution in [3.8, 4) is 0 Å². The lowest BCUT2D eigenvalue weighted by molar-refractivity contribution is 0.544. The molecular formula is C25H27F2N3O3S2. The van der Waals surface area contributed by atoms with Crippen molar-refractivity contribution in [2.75, 3.05) is 25.2 Å². The summed E-state index contributed by atoms with van der Waals surface area (Å²) in [6.07, 6.45) is 6.93. The number of halogens is 2. The molecule has 4 rings (SSSR count). The van der Waals surface area contributed by atoms with Gasteiger partial charge in [0.25, 0.3) is 10.0 Å². The van der Waals surface area contributed by atoms with E-state index in [4.69, 9.17) is 0 Å². The molecule has 0 radical (unpaired) electrons. The summed E-state index contributed by atoms with van der Waals surface area (Å²) in [5, 5.41) is 2.98. The Labute approximate surface area is 205 Å². The molecule has 1 N–H and O–H groups in total. The van der Waals surface area contributed by atoms with Crippen LogP contribution in [0.3, 0.4) is 0 Å². The molecule has 0 saturated heterocycles. The Hall–Kier alpha value is -2.98. The fourth-order valence-electron chi connectivity index (χ4n) is 4.42. The fraction of sp³-hybridized carbons (Fsp3) is 0.280. The Morgan fingerprint density at radius 2 is 1.83 bits per heavy atom. The minimum Gasteiger partial charge on any atom is -0.341 e. The maximum absolute atomic E-state index is 15.1. The third-order valence-corrected chi connectivity index (χ3v) is 8.79. The number of nitrogens with zero attached hydrogens (tertiary/aromatic N) is 2. The predicted molar refractivity (Wildman–Crippen MR) is 138 cm³/mol. The van der Waals surface area contributed by atoms with Crippen molar-refractivity contribution in [3.63, 3.8) is 0 Å². The van der Waals surface area contributed by atoms with Crippen molar-refractivity contribution < 1.29 is 21.4 Å². The number of benzene rings is 2. The first kappa shape index (κ1) is 25.1. The zero-order valence-electron chi connectivity index (χ0n) is 19.7. The van der Waals surface area contributed by atoms with Crippen LogP contribution in [0, 0.1) is 11.6 Å². The first-order valence-electron chi connectivity index (χ1n) is 11.0. The lowest BCUT2D eigenvalue weighted by Crippen LogP contribution is -2.38. The Morgan fingerprint density at radius 3 is 2.51 bits per heavy atom. The summed E-state index contributed by atoms with van der Waals surface area (Å²) < 4.78 is 72.3. The van der Waals surface area contributed by atoms with E-state index >= 15 is 4.39 Å². The molecule has 1 unspecified atom stereocenters. The van der Waals surface area contributed by atoms with E-state index in [9.17, 15) is 17.0 Å².